The van der Waals surface area contributed by atoms with E-state index in [4.69, 9.17) is 10.5 Å². The number of sulfonamides is 1. The first-order valence-corrected chi connectivity index (χ1v) is 9.45. The van der Waals surface area contributed by atoms with Gasteiger partial charge in [-0.2, -0.15) is 0 Å². The fourth-order valence-electron chi connectivity index (χ4n) is 2.79. The number of carbonyl (C=O) groups excluding carboxylic acids is 1. The van der Waals surface area contributed by atoms with Gasteiger partial charge in [0.2, 0.25) is 15.9 Å². The molecule has 1 aromatic carbocycles. The van der Waals surface area contributed by atoms with Crippen LogP contribution in [0.5, 0.6) is 0 Å². The predicted molar refractivity (Wildman–Crippen MR) is 90.8 cm³/mol. The molecule has 1 amide bonds. The summed E-state index contributed by atoms with van der Waals surface area (Å²) in [4.78, 5) is 12.9. The molecular formula is C16H25N3O4S. The molecule has 0 bridgehead atoms. The summed E-state index contributed by atoms with van der Waals surface area (Å²) < 4.78 is 31.4. The fraction of sp³-hybridized carbons (Fsp3) is 0.562. The van der Waals surface area contributed by atoms with Crippen LogP contribution in [0.1, 0.15) is 31.4 Å². The van der Waals surface area contributed by atoms with Crippen LogP contribution in [0.25, 0.3) is 0 Å². The lowest BCUT2D eigenvalue weighted by Gasteiger charge is -2.35. The molecule has 1 aliphatic heterocycles. The van der Waals surface area contributed by atoms with Crippen molar-refractivity contribution in [3.63, 3.8) is 0 Å². The van der Waals surface area contributed by atoms with Crippen molar-refractivity contribution in [2.45, 2.75) is 30.7 Å². The fourth-order valence-corrected chi connectivity index (χ4v) is 3.57. The minimum Gasteiger partial charge on any atom is -0.381 e. The number of nitrogens with two attached hydrogens (primary N) is 1. The van der Waals surface area contributed by atoms with Crippen molar-refractivity contribution in [2.24, 2.45) is 11.1 Å². The molecule has 0 aromatic heterocycles. The Morgan fingerprint density at radius 3 is 2.62 bits per heavy atom. The smallest absolute Gasteiger partial charge is 0.240 e. The maximum Gasteiger partial charge on any atom is 0.240 e. The lowest BCUT2D eigenvalue weighted by molar-refractivity contribution is -0.136. The van der Waals surface area contributed by atoms with E-state index in [-0.39, 0.29) is 23.4 Å². The molecule has 134 valence electrons. The van der Waals surface area contributed by atoms with Crippen LogP contribution in [0, 0.1) is 5.41 Å². The third-order valence-electron chi connectivity index (χ3n) is 4.61. The highest BCUT2D eigenvalue weighted by Gasteiger charge is 2.39. The number of rotatable bonds is 6. The second-order valence-corrected chi connectivity index (χ2v) is 7.96. The zero-order chi connectivity index (χ0) is 17.8. The second-order valence-electron chi connectivity index (χ2n) is 6.07. The quantitative estimate of drug-likeness (QED) is 0.689. The molecule has 8 heteroatoms. The van der Waals surface area contributed by atoms with E-state index in [1.54, 1.807) is 18.2 Å². The topological polar surface area (TPSA) is 111 Å². The standard InChI is InChI=1S/C16H25N3O4S/c1-12(13-4-3-5-14(10-13)24(21,22)18-2)19-15(20)16(11-17)6-8-23-9-7-16/h3-5,10,12,18H,6-9,11,17H2,1-2H3,(H,19,20). The van der Waals surface area contributed by atoms with E-state index in [9.17, 15) is 13.2 Å². The maximum absolute atomic E-state index is 12.7. The van der Waals surface area contributed by atoms with Gasteiger partial charge in [-0.15, -0.1) is 0 Å². The minimum atomic E-state index is -3.52. The molecule has 24 heavy (non-hydrogen) atoms. The summed E-state index contributed by atoms with van der Waals surface area (Å²) in [6.07, 6.45) is 1.19. The number of carbonyl (C=O) groups is 1. The lowest BCUT2D eigenvalue weighted by Crippen LogP contribution is -2.49. The van der Waals surface area contributed by atoms with Crippen molar-refractivity contribution in [2.75, 3.05) is 26.8 Å². The average Bonchev–Trinajstić information content (AvgIpc) is 2.62. The highest BCUT2D eigenvalue weighted by Crippen LogP contribution is 2.30. The molecule has 1 saturated heterocycles. The van der Waals surface area contributed by atoms with E-state index in [0.29, 0.717) is 26.1 Å². The van der Waals surface area contributed by atoms with E-state index >= 15 is 0 Å². The Balaban J connectivity index is 2.16. The molecule has 7 nitrogen and oxygen atoms in total. The number of benzene rings is 1. The highest BCUT2D eigenvalue weighted by atomic mass is 32.2. The third-order valence-corrected chi connectivity index (χ3v) is 6.02. The SMILES string of the molecule is CNS(=O)(=O)c1cccc(C(C)NC(=O)C2(CN)CCOCC2)c1. The van der Waals surface area contributed by atoms with Gasteiger partial charge in [0, 0.05) is 19.8 Å². The molecule has 0 saturated carbocycles. The van der Waals surface area contributed by atoms with Gasteiger partial charge in [-0.05, 0) is 44.5 Å². The summed E-state index contributed by atoms with van der Waals surface area (Å²) in [6, 6.07) is 6.21. The number of nitrogens with one attached hydrogen (secondary N) is 2. The average molecular weight is 355 g/mol. The van der Waals surface area contributed by atoms with Gasteiger partial charge in [-0.3, -0.25) is 4.79 Å². The molecule has 2 rings (SSSR count). The summed E-state index contributed by atoms with van der Waals surface area (Å²) in [5, 5.41) is 2.96. The van der Waals surface area contributed by atoms with Crippen molar-refractivity contribution < 1.29 is 17.9 Å². The van der Waals surface area contributed by atoms with Crippen molar-refractivity contribution in [3.05, 3.63) is 29.8 Å². The molecule has 0 radical (unpaired) electrons. The number of amides is 1. The van der Waals surface area contributed by atoms with Crippen molar-refractivity contribution in [1.82, 2.24) is 10.0 Å². The van der Waals surface area contributed by atoms with E-state index in [2.05, 4.69) is 10.0 Å². The van der Waals surface area contributed by atoms with Crippen LogP contribution in [0.3, 0.4) is 0 Å². The number of hydrogen-bond acceptors (Lipinski definition) is 5. The van der Waals surface area contributed by atoms with E-state index in [1.807, 2.05) is 6.92 Å². The van der Waals surface area contributed by atoms with Crippen LogP contribution in [0.15, 0.2) is 29.2 Å². The Morgan fingerprint density at radius 1 is 1.38 bits per heavy atom. The van der Waals surface area contributed by atoms with Crippen LogP contribution in [0.4, 0.5) is 0 Å². The summed E-state index contributed by atoms with van der Waals surface area (Å²) in [5.74, 6) is -0.109. The molecule has 0 aliphatic carbocycles. The Bertz CT molecular complexity index is 684. The highest BCUT2D eigenvalue weighted by molar-refractivity contribution is 7.89. The van der Waals surface area contributed by atoms with E-state index in [1.165, 1.54) is 13.1 Å². The van der Waals surface area contributed by atoms with Gasteiger partial charge in [0.15, 0.2) is 0 Å². The van der Waals surface area contributed by atoms with Crippen LogP contribution in [0.2, 0.25) is 0 Å². The summed E-state index contributed by atoms with van der Waals surface area (Å²) >= 11 is 0. The van der Waals surface area contributed by atoms with Crippen LogP contribution < -0.4 is 15.8 Å². The van der Waals surface area contributed by atoms with Crippen LogP contribution in [-0.2, 0) is 19.6 Å². The number of ether oxygens (including phenoxy) is 1. The first-order chi connectivity index (χ1) is 11.3. The van der Waals surface area contributed by atoms with Crippen molar-refractivity contribution >= 4 is 15.9 Å². The van der Waals surface area contributed by atoms with Crippen LogP contribution >= 0.6 is 0 Å². The third kappa shape index (κ3) is 3.94. The number of hydrogen-bond donors (Lipinski definition) is 3. The van der Waals surface area contributed by atoms with Gasteiger partial charge >= 0.3 is 0 Å². The lowest BCUT2D eigenvalue weighted by atomic mass is 9.79. The monoisotopic (exact) mass is 355 g/mol. The normalized spacial score (nSPS) is 18.8. The Labute approximate surface area is 143 Å². The first kappa shape index (κ1) is 18.9. The van der Waals surface area contributed by atoms with Gasteiger partial charge in [-0.1, -0.05) is 12.1 Å². The van der Waals surface area contributed by atoms with Gasteiger partial charge in [-0.25, -0.2) is 13.1 Å². The summed E-state index contributed by atoms with van der Waals surface area (Å²) in [6.45, 7) is 3.14. The summed E-state index contributed by atoms with van der Waals surface area (Å²) in [5.41, 5.74) is 5.96. The molecule has 4 N–H and O–H groups in total. The second kappa shape index (κ2) is 7.60. The molecule has 1 unspecified atom stereocenters. The first-order valence-electron chi connectivity index (χ1n) is 7.97. The van der Waals surface area contributed by atoms with E-state index in [0.717, 1.165) is 5.56 Å². The predicted octanol–water partition coefficient (Wildman–Crippen LogP) is 0.527. The Morgan fingerprint density at radius 2 is 2.04 bits per heavy atom. The Hall–Kier alpha value is -1.48. The molecule has 1 fully saturated rings. The van der Waals surface area contributed by atoms with Gasteiger partial charge < -0.3 is 15.8 Å². The van der Waals surface area contributed by atoms with Crippen LogP contribution in [-0.4, -0.2) is 41.1 Å². The van der Waals surface area contributed by atoms with Crippen molar-refractivity contribution in [3.8, 4) is 0 Å². The molecule has 0 spiro atoms. The molecule has 1 atom stereocenters. The maximum atomic E-state index is 12.7. The Kier molecular flexibility index (Phi) is 5.97. The van der Waals surface area contributed by atoms with Gasteiger partial charge in [0.05, 0.1) is 16.4 Å². The summed E-state index contributed by atoms with van der Waals surface area (Å²) in [7, 11) is -2.15. The minimum absolute atomic E-state index is 0.109. The molecule has 1 aromatic rings. The molecule has 1 aliphatic rings. The van der Waals surface area contributed by atoms with E-state index < -0.39 is 15.4 Å². The van der Waals surface area contributed by atoms with Gasteiger partial charge in [0.25, 0.3) is 0 Å². The van der Waals surface area contributed by atoms with Gasteiger partial charge in [0.1, 0.15) is 0 Å². The van der Waals surface area contributed by atoms with Crippen molar-refractivity contribution in [1.29, 1.82) is 0 Å². The zero-order valence-electron chi connectivity index (χ0n) is 14.0. The molecule has 1 heterocycles. The zero-order valence-corrected chi connectivity index (χ0v) is 14.9. The molecular weight excluding hydrogens is 330 g/mol. The largest absolute Gasteiger partial charge is 0.381 e.